The average Bonchev–Trinajstić information content (AvgIpc) is 3.66. The Labute approximate surface area is 371 Å². The second-order valence-corrected chi connectivity index (χ2v) is 17.1. The fraction of sp³-hybridized carbons (Fsp3) is 0.280. The SMILES string of the molecule is Cc1cccnc1CN1CCC2(CC1)C(=O)N(c1ccc(-c3ccccc3)cc1N1C(=O)N(c3ccncc3)C3(CCN(Cc4ncccc4C)CC3)C1=O)C(=O)N2c1ccncc1. The van der Waals surface area contributed by atoms with Crippen LogP contribution in [0.15, 0.2) is 134 Å². The summed E-state index contributed by atoms with van der Waals surface area (Å²) in [6.45, 7) is 7.44. The zero-order valence-corrected chi connectivity index (χ0v) is 35.9. The van der Waals surface area contributed by atoms with Crippen molar-refractivity contribution in [2.24, 2.45) is 0 Å². The molecule has 322 valence electrons. The average molecular weight is 853 g/mol. The van der Waals surface area contributed by atoms with Gasteiger partial charge < -0.3 is 0 Å². The van der Waals surface area contributed by atoms with Crippen LogP contribution in [0.2, 0.25) is 0 Å². The molecule has 6 aromatic rings. The van der Waals surface area contributed by atoms with Crippen molar-refractivity contribution < 1.29 is 19.2 Å². The number of pyridine rings is 4. The van der Waals surface area contributed by atoms with Crippen molar-refractivity contribution in [1.29, 1.82) is 0 Å². The molecular formula is C50H48N10O4. The van der Waals surface area contributed by atoms with Gasteiger partial charge in [0.25, 0.3) is 11.8 Å². The number of carbonyl (C=O) groups excluding carboxylic acids is 4. The molecule has 14 nitrogen and oxygen atoms in total. The molecule has 0 aliphatic carbocycles. The standard InChI is InChI=1S/C50H48N10O4/c1-35-8-6-22-53-41(35)33-55-28-18-49(19-29-55)45(61)57(47(63)59(49)39-14-24-51-25-15-39)43-13-12-38(37-10-4-3-5-11-37)32-44(43)58-46(62)50(60(48(58)64)40-16-26-52-27-17-40)20-30-56(31-21-50)34-42-36(2)9-7-23-54-42/h3-17,22-27,32H,18-21,28-31,33-34H2,1-2H3. The van der Waals surface area contributed by atoms with Gasteiger partial charge in [-0.25, -0.2) is 19.4 Å². The number of rotatable bonds is 9. The van der Waals surface area contributed by atoms with Gasteiger partial charge in [0.15, 0.2) is 0 Å². The van der Waals surface area contributed by atoms with E-state index in [1.807, 2.05) is 74.5 Å². The number of urea groups is 2. The first-order chi connectivity index (χ1) is 31.2. The maximum atomic E-state index is 15.6. The maximum absolute atomic E-state index is 15.6. The van der Waals surface area contributed by atoms with Gasteiger partial charge in [0.1, 0.15) is 11.1 Å². The largest absolute Gasteiger partial charge is 0.336 e. The predicted octanol–water partition coefficient (Wildman–Crippen LogP) is 7.57. The van der Waals surface area contributed by atoms with E-state index in [-0.39, 0.29) is 11.4 Å². The predicted molar refractivity (Wildman–Crippen MR) is 244 cm³/mol. The molecule has 4 fully saturated rings. The van der Waals surface area contributed by atoms with Crippen LogP contribution >= 0.6 is 0 Å². The van der Waals surface area contributed by atoms with Crippen molar-refractivity contribution in [3.05, 3.63) is 157 Å². The van der Waals surface area contributed by atoms with E-state index in [1.165, 1.54) is 9.80 Å². The van der Waals surface area contributed by atoms with Crippen molar-refractivity contribution in [2.45, 2.75) is 63.7 Å². The third-order valence-electron chi connectivity index (χ3n) is 13.6. The molecular weight excluding hydrogens is 805 g/mol. The topological polar surface area (TPSA) is 139 Å². The van der Waals surface area contributed by atoms with E-state index < -0.39 is 35.0 Å². The van der Waals surface area contributed by atoms with Crippen molar-refractivity contribution >= 4 is 46.6 Å². The number of imide groups is 2. The van der Waals surface area contributed by atoms with E-state index >= 15 is 19.2 Å². The number of likely N-dealkylation sites (tertiary alicyclic amines) is 2. The molecule has 4 saturated heterocycles. The smallest absolute Gasteiger partial charge is 0.297 e. The first-order valence-electron chi connectivity index (χ1n) is 21.8. The van der Waals surface area contributed by atoms with Crippen LogP contribution in [-0.2, 0) is 22.7 Å². The minimum atomic E-state index is -1.25. The number of carbonyl (C=O) groups is 4. The Morgan fingerprint density at radius 1 is 0.484 bits per heavy atom. The van der Waals surface area contributed by atoms with E-state index in [1.54, 1.807) is 83.4 Å². The van der Waals surface area contributed by atoms with Crippen LogP contribution in [0, 0.1) is 13.8 Å². The Kier molecular flexibility index (Phi) is 10.6. The summed E-state index contributed by atoms with van der Waals surface area (Å²) < 4.78 is 0. The van der Waals surface area contributed by atoms with Crippen LogP contribution in [0.5, 0.6) is 0 Å². The highest BCUT2D eigenvalue weighted by Gasteiger charge is 2.62. The number of piperidine rings is 2. The molecule has 4 aliphatic heterocycles. The molecule has 64 heavy (non-hydrogen) atoms. The highest BCUT2D eigenvalue weighted by Crippen LogP contribution is 2.49. The Bertz CT molecular complexity index is 2740. The van der Waals surface area contributed by atoms with Gasteiger partial charge in [-0.15, -0.1) is 0 Å². The van der Waals surface area contributed by atoms with Crippen LogP contribution in [0.1, 0.15) is 48.2 Å². The summed E-state index contributed by atoms with van der Waals surface area (Å²) >= 11 is 0. The number of nitrogens with zero attached hydrogens (tertiary/aromatic N) is 10. The number of hydrogen-bond donors (Lipinski definition) is 0. The summed E-state index contributed by atoms with van der Waals surface area (Å²) in [5.74, 6) is -0.818. The Morgan fingerprint density at radius 2 is 0.938 bits per heavy atom. The van der Waals surface area contributed by atoms with Crippen LogP contribution in [0.25, 0.3) is 11.1 Å². The van der Waals surface area contributed by atoms with Crippen LogP contribution < -0.4 is 19.6 Å². The fourth-order valence-corrected chi connectivity index (χ4v) is 10.0. The summed E-state index contributed by atoms with van der Waals surface area (Å²) in [6.07, 6.45) is 11.4. The molecule has 2 spiro atoms. The minimum Gasteiger partial charge on any atom is -0.297 e. The van der Waals surface area contributed by atoms with Gasteiger partial charge in [0.05, 0.1) is 22.8 Å². The maximum Gasteiger partial charge on any atom is 0.336 e. The monoisotopic (exact) mass is 852 g/mol. The molecule has 0 radical (unpaired) electrons. The molecule has 0 bridgehead atoms. The van der Waals surface area contributed by atoms with Gasteiger partial charge in [0.2, 0.25) is 0 Å². The molecule has 0 unspecified atom stereocenters. The third kappa shape index (κ3) is 6.90. The van der Waals surface area contributed by atoms with Crippen LogP contribution in [-0.4, -0.2) is 90.9 Å². The molecule has 4 aromatic heterocycles. The lowest BCUT2D eigenvalue weighted by Gasteiger charge is -2.42. The molecule has 8 heterocycles. The summed E-state index contributed by atoms with van der Waals surface area (Å²) in [4.78, 5) is 89.5. The highest BCUT2D eigenvalue weighted by molar-refractivity contribution is 6.35. The van der Waals surface area contributed by atoms with Crippen molar-refractivity contribution in [2.75, 3.05) is 45.8 Å². The van der Waals surface area contributed by atoms with Crippen molar-refractivity contribution in [3.63, 3.8) is 0 Å². The number of benzene rings is 2. The molecule has 2 aromatic carbocycles. The molecule has 0 atom stereocenters. The lowest BCUT2D eigenvalue weighted by atomic mass is 9.85. The van der Waals surface area contributed by atoms with Gasteiger partial charge >= 0.3 is 12.1 Å². The zero-order chi connectivity index (χ0) is 44.0. The van der Waals surface area contributed by atoms with E-state index in [9.17, 15) is 0 Å². The normalized spacial score (nSPS) is 18.8. The first kappa shape index (κ1) is 40.9. The molecule has 4 aliphatic rings. The summed E-state index contributed by atoms with van der Waals surface area (Å²) in [5.41, 5.74) is 4.58. The number of hydrogen-bond acceptors (Lipinski definition) is 10. The highest BCUT2D eigenvalue weighted by atomic mass is 16.2. The van der Waals surface area contributed by atoms with Gasteiger partial charge in [0, 0.05) is 87.8 Å². The zero-order valence-electron chi connectivity index (χ0n) is 35.9. The quantitative estimate of drug-likeness (QED) is 0.134. The summed E-state index contributed by atoms with van der Waals surface area (Å²) in [7, 11) is 0. The van der Waals surface area contributed by atoms with Gasteiger partial charge in [-0.3, -0.25) is 49.1 Å². The molecule has 0 N–H and O–H groups in total. The molecule has 14 heteroatoms. The van der Waals surface area contributed by atoms with Crippen LogP contribution in [0.3, 0.4) is 0 Å². The van der Waals surface area contributed by atoms with Gasteiger partial charge in [-0.1, -0.05) is 48.5 Å². The third-order valence-corrected chi connectivity index (χ3v) is 13.6. The second-order valence-electron chi connectivity index (χ2n) is 17.1. The van der Waals surface area contributed by atoms with Gasteiger partial charge in [-0.2, -0.15) is 0 Å². The molecule has 6 amide bonds. The number of anilines is 4. The molecule has 0 saturated carbocycles. The number of aryl methyl sites for hydroxylation is 2. The summed E-state index contributed by atoms with van der Waals surface area (Å²) in [5, 5.41) is 0. The Hall–Kier alpha value is -7.16. The van der Waals surface area contributed by atoms with Gasteiger partial charge in [-0.05, 0) is 110 Å². The minimum absolute atomic E-state index is 0.161. The van der Waals surface area contributed by atoms with Crippen molar-refractivity contribution in [3.8, 4) is 11.1 Å². The Morgan fingerprint density at radius 3 is 1.39 bits per heavy atom. The fourth-order valence-electron chi connectivity index (χ4n) is 10.0. The summed E-state index contributed by atoms with van der Waals surface area (Å²) in [6, 6.07) is 28.7. The van der Waals surface area contributed by atoms with Crippen LogP contribution in [0.4, 0.5) is 32.3 Å². The second kappa shape index (κ2) is 16.5. The molecule has 10 rings (SSSR count). The van der Waals surface area contributed by atoms with E-state index in [4.69, 9.17) is 0 Å². The van der Waals surface area contributed by atoms with E-state index in [2.05, 4.69) is 29.7 Å². The number of amides is 6. The van der Waals surface area contributed by atoms with E-state index in [0.29, 0.717) is 76.3 Å². The lowest BCUT2D eigenvalue weighted by molar-refractivity contribution is -0.124. The number of aromatic nitrogens is 4. The lowest BCUT2D eigenvalue weighted by Crippen LogP contribution is -2.57. The van der Waals surface area contributed by atoms with Crippen molar-refractivity contribution in [1.82, 2.24) is 29.7 Å². The van der Waals surface area contributed by atoms with E-state index in [0.717, 1.165) is 33.6 Å². The Balaban J connectivity index is 1.06. The first-order valence-corrected chi connectivity index (χ1v) is 21.8.